The van der Waals surface area contributed by atoms with Gasteiger partial charge in [-0.3, -0.25) is 4.90 Å². The van der Waals surface area contributed by atoms with Crippen LogP contribution in [0.25, 0.3) is 0 Å². The van der Waals surface area contributed by atoms with E-state index in [2.05, 4.69) is 25.7 Å². The van der Waals surface area contributed by atoms with Gasteiger partial charge in [0.25, 0.3) is 0 Å². The largest absolute Gasteiger partial charge is 0.330 e. The second-order valence-corrected chi connectivity index (χ2v) is 6.28. The predicted molar refractivity (Wildman–Crippen MR) is 80.8 cm³/mol. The highest BCUT2D eigenvalue weighted by Crippen LogP contribution is 2.25. The Kier molecular flexibility index (Phi) is 7.92. The smallest absolute Gasteiger partial charge is 0.00699 e. The molecule has 0 bridgehead atoms. The van der Waals surface area contributed by atoms with E-state index in [1.54, 1.807) is 0 Å². The zero-order valence-electron chi connectivity index (χ0n) is 12.8. The topological polar surface area (TPSA) is 29.3 Å². The first-order valence-electron chi connectivity index (χ1n) is 8.14. The van der Waals surface area contributed by atoms with Crippen molar-refractivity contribution in [3.05, 3.63) is 0 Å². The van der Waals surface area contributed by atoms with Crippen LogP contribution in [0.3, 0.4) is 0 Å². The molecule has 2 heteroatoms. The Morgan fingerprint density at radius 1 is 1.17 bits per heavy atom. The predicted octanol–water partition coefficient (Wildman–Crippen LogP) is 3.79. The summed E-state index contributed by atoms with van der Waals surface area (Å²) in [6.07, 6.45) is 11.0. The first-order valence-corrected chi connectivity index (χ1v) is 8.14. The van der Waals surface area contributed by atoms with E-state index < -0.39 is 0 Å². The fraction of sp³-hybridized carbons (Fsp3) is 1.00. The fourth-order valence-electron chi connectivity index (χ4n) is 3.23. The number of rotatable bonds is 8. The summed E-state index contributed by atoms with van der Waals surface area (Å²) >= 11 is 0. The third-order valence-corrected chi connectivity index (χ3v) is 4.65. The summed E-state index contributed by atoms with van der Waals surface area (Å²) in [4.78, 5) is 2.71. The van der Waals surface area contributed by atoms with Crippen molar-refractivity contribution >= 4 is 0 Å². The Morgan fingerprint density at radius 3 is 2.56 bits per heavy atom. The van der Waals surface area contributed by atoms with Crippen molar-refractivity contribution in [1.29, 1.82) is 0 Å². The summed E-state index contributed by atoms with van der Waals surface area (Å²) < 4.78 is 0. The van der Waals surface area contributed by atoms with E-state index in [0.29, 0.717) is 0 Å². The molecule has 2 nitrogen and oxygen atoms in total. The van der Waals surface area contributed by atoms with Gasteiger partial charge in [0.1, 0.15) is 0 Å². The first kappa shape index (κ1) is 16.0. The van der Waals surface area contributed by atoms with Gasteiger partial charge in [-0.05, 0) is 45.6 Å². The molecule has 0 aromatic rings. The van der Waals surface area contributed by atoms with Crippen LogP contribution in [-0.4, -0.2) is 30.1 Å². The molecule has 1 saturated heterocycles. The lowest BCUT2D eigenvalue weighted by Crippen LogP contribution is -2.48. The molecule has 0 spiro atoms. The minimum Gasteiger partial charge on any atom is -0.330 e. The number of likely N-dealkylation sites (tertiary alicyclic amines) is 1. The van der Waals surface area contributed by atoms with E-state index in [-0.39, 0.29) is 0 Å². The van der Waals surface area contributed by atoms with Gasteiger partial charge in [0.05, 0.1) is 0 Å². The van der Waals surface area contributed by atoms with Gasteiger partial charge in [0.2, 0.25) is 0 Å². The van der Waals surface area contributed by atoms with Gasteiger partial charge in [-0.25, -0.2) is 0 Å². The second-order valence-electron chi connectivity index (χ2n) is 6.28. The number of hydrogen-bond donors (Lipinski definition) is 1. The van der Waals surface area contributed by atoms with Gasteiger partial charge in [-0.2, -0.15) is 0 Å². The fourth-order valence-corrected chi connectivity index (χ4v) is 3.23. The monoisotopic (exact) mass is 254 g/mol. The molecule has 0 saturated carbocycles. The molecule has 0 radical (unpaired) electrons. The maximum absolute atomic E-state index is 5.84. The van der Waals surface area contributed by atoms with Gasteiger partial charge >= 0.3 is 0 Å². The van der Waals surface area contributed by atoms with Crippen LogP contribution in [-0.2, 0) is 0 Å². The molecule has 3 unspecified atom stereocenters. The molecule has 1 aliphatic heterocycles. The van der Waals surface area contributed by atoms with Crippen molar-refractivity contribution in [2.45, 2.75) is 84.2 Å². The van der Waals surface area contributed by atoms with E-state index in [9.17, 15) is 0 Å². The summed E-state index contributed by atoms with van der Waals surface area (Å²) in [6, 6.07) is 1.51. The van der Waals surface area contributed by atoms with Gasteiger partial charge in [-0.15, -0.1) is 0 Å². The molecule has 18 heavy (non-hydrogen) atoms. The van der Waals surface area contributed by atoms with Crippen LogP contribution in [0.2, 0.25) is 0 Å². The van der Waals surface area contributed by atoms with Crippen LogP contribution in [0.15, 0.2) is 0 Å². The lowest BCUT2D eigenvalue weighted by Gasteiger charge is -2.41. The van der Waals surface area contributed by atoms with Crippen LogP contribution in [0.1, 0.15) is 72.1 Å². The standard InChI is InChI=1S/C16H34N2/c1-4-5-6-7-8-9-14(2)18-13-16(12-17)11-10-15(18)3/h14-16H,4-13,17H2,1-3H3. The summed E-state index contributed by atoms with van der Waals surface area (Å²) in [5.41, 5.74) is 5.84. The van der Waals surface area contributed by atoms with Gasteiger partial charge in [0, 0.05) is 18.6 Å². The van der Waals surface area contributed by atoms with Crippen LogP contribution in [0.4, 0.5) is 0 Å². The van der Waals surface area contributed by atoms with E-state index >= 15 is 0 Å². The zero-order valence-corrected chi connectivity index (χ0v) is 12.8. The lowest BCUT2D eigenvalue weighted by molar-refractivity contribution is 0.0762. The van der Waals surface area contributed by atoms with Crippen LogP contribution in [0.5, 0.6) is 0 Å². The molecule has 0 aliphatic carbocycles. The Bertz CT molecular complexity index is 205. The van der Waals surface area contributed by atoms with Crippen molar-refractivity contribution in [2.75, 3.05) is 13.1 Å². The third kappa shape index (κ3) is 5.27. The number of nitrogens with zero attached hydrogens (tertiary/aromatic N) is 1. The Hall–Kier alpha value is -0.0800. The van der Waals surface area contributed by atoms with Gasteiger partial charge < -0.3 is 5.73 Å². The summed E-state index contributed by atoms with van der Waals surface area (Å²) in [5.74, 6) is 0.740. The van der Waals surface area contributed by atoms with Crippen molar-refractivity contribution in [3.63, 3.8) is 0 Å². The Morgan fingerprint density at radius 2 is 1.89 bits per heavy atom. The highest BCUT2D eigenvalue weighted by Gasteiger charge is 2.27. The molecule has 1 heterocycles. The summed E-state index contributed by atoms with van der Waals surface area (Å²) in [7, 11) is 0. The molecule has 1 rings (SSSR count). The van der Waals surface area contributed by atoms with Crippen molar-refractivity contribution in [3.8, 4) is 0 Å². The minimum absolute atomic E-state index is 0.740. The molecule has 1 fully saturated rings. The number of unbranched alkanes of at least 4 members (excludes halogenated alkanes) is 4. The first-order chi connectivity index (χ1) is 8.69. The summed E-state index contributed by atoms with van der Waals surface area (Å²) in [6.45, 7) is 9.18. The molecule has 0 amide bonds. The average Bonchev–Trinajstić information content (AvgIpc) is 2.39. The molecule has 108 valence electrons. The van der Waals surface area contributed by atoms with Crippen molar-refractivity contribution in [1.82, 2.24) is 4.90 Å². The summed E-state index contributed by atoms with van der Waals surface area (Å²) in [5, 5.41) is 0. The highest BCUT2D eigenvalue weighted by atomic mass is 15.2. The van der Waals surface area contributed by atoms with Gasteiger partial charge in [-0.1, -0.05) is 39.0 Å². The average molecular weight is 254 g/mol. The van der Waals surface area contributed by atoms with Crippen LogP contribution in [0, 0.1) is 5.92 Å². The number of piperidine rings is 1. The van der Waals surface area contributed by atoms with Gasteiger partial charge in [0.15, 0.2) is 0 Å². The van der Waals surface area contributed by atoms with Crippen molar-refractivity contribution in [2.24, 2.45) is 11.7 Å². The maximum atomic E-state index is 5.84. The normalized spacial score (nSPS) is 27.3. The van der Waals surface area contributed by atoms with E-state index in [0.717, 1.165) is 24.5 Å². The van der Waals surface area contributed by atoms with Crippen LogP contribution < -0.4 is 5.73 Å². The number of hydrogen-bond acceptors (Lipinski definition) is 2. The molecule has 3 atom stereocenters. The lowest BCUT2D eigenvalue weighted by atomic mass is 9.91. The molecule has 0 aromatic heterocycles. The zero-order chi connectivity index (χ0) is 13.4. The Labute approximate surface area is 114 Å². The molecular formula is C16H34N2. The maximum Gasteiger partial charge on any atom is 0.00699 e. The van der Waals surface area contributed by atoms with Crippen LogP contribution >= 0.6 is 0 Å². The molecule has 1 aliphatic rings. The molecule has 2 N–H and O–H groups in total. The minimum atomic E-state index is 0.740. The molecular weight excluding hydrogens is 220 g/mol. The third-order valence-electron chi connectivity index (χ3n) is 4.65. The Balaban J connectivity index is 2.23. The second kappa shape index (κ2) is 8.92. The molecule has 0 aromatic carbocycles. The quantitative estimate of drug-likeness (QED) is 0.668. The SMILES string of the molecule is CCCCCCCC(C)N1CC(CN)CCC1C. The van der Waals surface area contributed by atoms with E-state index in [4.69, 9.17) is 5.73 Å². The van der Waals surface area contributed by atoms with Crippen molar-refractivity contribution < 1.29 is 0 Å². The van der Waals surface area contributed by atoms with E-state index in [1.165, 1.54) is 57.9 Å². The van der Waals surface area contributed by atoms with E-state index in [1.807, 2.05) is 0 Å². The number of nitrogens with two attached hydrogens (primary N) is 1. The highest BCUT2D eigenvalue weighted by molar-refractivity contribution is 4.82.